The summed E-state index contributed by atoms with van der Waals surface area (Å²) in [7, 11) is 0. The SMILES string of the molecule is CC(CO)Sc1ncc[nH]c1=O. The summed E-state index contributed by atoms with van der Waals surface area (Å²) in [4.78, 5) is 17.4. The predicted molar refractivity (Wildman–Crippen MR) is 47.3 cm³/mol. The van der Waals surface area contributed by atoms with Crippen molar-refractivity contribution in [3.8, 4) is 0 Å². The molecule has 0 aliphatic heterocycles. The second-order valence-electron chi connectivity index (χ2n) is 2.33. The lowest BCUT2D eigenvalue weighted by Gasteiger charge is -2.04. The van der Waals surface area contributed by atoms with Crippen LogP contribution in [0.2, 0.25) is 0 Å². The van der Waals surface area contributed by atoms with Crippen LogP contribution in [0.15, 0.2) is 22.2 Å². The van der Waals surface area contributed by atoms with Gasteiger partial charge in [0.1, 0.15) is 0 Å². The number of nitrogens with zero attached hydrogens (tertiary/aromatic N) is 1. The van der Waals surface area contributed by atoms with Crippen LogP contribution in [0.25, 0.3) is 0 Å². The Balaban J connectivity index is 2.76. The van der Waals surface area contributed by atoms with Crippen LogP contribution in [0, 0.1) is 0 Å². The molecule has 0 saturated heterocycles. The first-order chi connectivity index (χ1) is 5.74. The minimum absolute atomic E-state index is 0.000926. The van der Waals surface area contributed by atoms with Crippen molar-refractivity contribution in [1.82, 2.24) is 9.97 Å². The maximum Gasteiger partial charge on any atom is 0.280 e. The van der Waals surface area contributed by atoms with E-state index in [0.717, 1.165) is 0 Å². The third kappa shape index (κ3) is 2.35. The molecule has 1 unspecified atom stereocenters. The van der Waals surface area contributed by atoms with Crippen molar-refractivity contribution in [2.45, 2.75) is 17.2 Å². The second-order valence-corrected chi connectivity index (χ2v) is 3.76. The lowest BCUT2D eigenvalue weighted by molar-refractivity contribution is 0.300. The highest BCUT2D eigenvalue weighted by molar-refractivity contribution is 7.99. The van der Waals surface area contributed by atoms with Gasteiger partial charge in [0.15, 0.2) is 5.03 Å². The summed E-state index contributed by atoms with van der Waals surface area (Å²) in [5.41, 5.74) is -0.206. The first-order valence-electron chi connectivity index (χ1n) is 3.55. The number of hydrogen-bond acceptors (Lipinski definition) is 4. The lowest BCUT2D eigenvalue weighted by atomic mass is 10.5. The van der Waals surface area contributed by atoms with E-state index in [1.807, 2.05) is 6.92 Å². The third-order valence-electron chi connectivity index (χ3n) is 1.24. The van der Waals surface area contributed by atoms with Gasteiger partial charge in [-0.2, -0.15) is 0 Å². The van der Waals surface area contributed by atoms with Crippen molar-refractivity contribution in [3.05, 3.63) is 22.7 Å². The monoisotopic (exact) mass is 186 g/mol. The number of aliphatic hydroxyl groups is 1. The molecule has 1 rings (SSSR count). The van der Waals surface area contributed by atoms with E-state index in [0.29, 0.717) is 5.03 Å². The molecule has 0 saturated carbocycles. The smallest absolute Gasteiger partial charge is 0.280 e. The molecule has 1 heterocycles. The minimum Gasteiger partial charge on any atom is -0.395 e. The van der Waals surface area contributed by atoms with E-state index in [9.17, 15) is 4.79 Å². The van der Waals surface area contributed by atoms with Gasteiger partial charge in [0.05, 0.1) is 6.61 Å². The fourth-order valence-corrected chi connectivity index (χ4v) is 1.39. The maximum absolute atomic E-state index is 11.1. The molecule has 0 aliphatic rings. The lowest BCUT2D eigenvalue weighted by Crippen LogP contribution is -2.12. The number of aliphatic hydroxyl groups excluding tert-OH is 1. The standard InChI is InChI=1S/C7H10N2O2S/c1-5(4-10)12-7-6(11)8-2-3-9-7/h2-3,5,10H,4H2,1H3,(H,8,11). The van der Waals surface area contributed by atoms with Gasteiger partial charge in [-0.15, -0.1) is 0 Å². The molecule has 1 aromatic rings. The average Bonchev–Trinajstić information content (AvgIpc) is 2.09. The quantitative estimate of drug-likeness (QED) is 0.664. The number of nitrogens with one attached hydrogen (secondary N) is 1. The molecule has 2 N–H and O–H groups in total. The largest absolute Gasteiger partial charge is 0.395 e. The molecule has 0 aliphatic carbocycles. The van der Waals surface area contributed by atoms with E-state index in [4.69, 9.17) is 5.11 Å². The van der Waals surface area contributed by atoms with Gasteiger partial charge in [0.25, 0.3) is 5.56 Å². The van der Waals surface area contributed by atoms with Crippen LogP contribution in [0.3, 0.4) is 0 Å². The fourth-order valence-electron chi connectivity index (χ4n) is 0.650. The summed E-state index contributed by atoms with van der Waals surface area (Å²) < 4.78 is 0. The number of hydrogen-bond donors (Lipinski definition) is 2. The first kappa shape index (κ1) is 9.28. The molecule has 0 amide bonds. The molecule has 0 bridgehead atoms. The van der Waals surface area contributed by atoms with Crippen LogP contribution in [0.5, 0.6) is 0 Å². The van der Waals surface area contributed by atoms with Crippen LogP contribution in [0.1, 0.15) is 6.92 Å². The van der Waals surface area contributed by atoms with Gasteiger partial charge in [-0.1, -0.05) is 18.7 Å². The van der Waals surface area contributed by atoms with Crippen molar-refractivity contribution < 1.29 is 5.11 Å². The van der Waals surface area contributed by atoms with Gasteiger partial charge in [0, 0.05) is 17.6 Å². The molecule has 0 fully saturated rings. The molecule has 1 aromatic heterocycles. The van der Waals surface area contributed by atoms with Crippen molar-refractivity contribution >= 4 is 11.8 Å². The molecule has 5 heteroatoms. The van der Waals surface area contributed by atoms with Gasteiger partial charge < -0.3 is 10.1 Å². The predicted octanol–water partition coefficient (Wildman–Crippen LogP) is 0.243. The molecule has 0 radical (unpaired) electrons. The van der Waals surface area contributed by atoms with Gasteiger partial charge >= 0.3 is 0 Å². The van der Waals surface area contributed by atoms with Crippen LogP contribution in [0.4, 0.5) is 0 Å². The summed E-state index contributed by atoms with van der Waals surface area (Å²) >= 11 is 1.27. The topological polar surface area (TPSA) is 66.0 Å². The number of aromatic amines is 1. The Kier molecular flexibility index (Phi) is 3.31. The summed E-state index contributed by atoms with van der Waals surface area (Å²) in [6.07, 6.45) is 3.00. The minimum atomic E-state index is -0.206. The average molecular weight is 186 g/mol. The molecule has 12 heavy (non-hydrogen) atoms. The summed E-state index contributed by atoms with van der Waals surface area (Å²) in [6, 6.07) is 0. The number of thioether (sulfide) groups is 1. The Labute approximate surface area is 74.0 Å². The van der Waals surface area contributed by atoms with E-state index in [-0.39, 0.29) is 17.4 Å². The van der Waals surface area contributed by atoms with Gasteiger partial charge in [-0.3, -0.25) is 4.79 Å². The van der Waals surface area contributed by atoms with Crippen LogP contribution < -0.4 is 5.56 Å². The van der Waals surface area contributed by atoms with Crippen molar-refractivity contribution in [2.75, 3.05) is 6.61 Å². The Morgan fingerprint density at radius 1 is 1.83 bits per heavy atom. The highest BCUT2D eigenvalue weighted by Gasteiger charge is 2.06. The number of H-pyrrole nitrogens is 1. The Morgan fingerprint density at radius 2 is 2.58 bits per heavy atom. The number of rotatable bonds is 3. The van der Waals surface area contributed by atoms with Crippen molar-refractivity contribution in [2.24, 2.45) is 0 Å². The Hall–Kier alpha value is -0.810. The molecule has 1 atom stereocenters. The second kappa shape index (κ2) is 4.27. The van der Waals surface area contributed by atoms with E-state index >= 15 is 0 Å². The van der Waals surface area contributed by atoms with Crippen LogP contribution in [-0.2, 0) is 0 Å². The molecular formula is C7H10N2O2S. The summed E-state index contributed by atoms with van der Waals surface area (Å²) in [5, 5.41) is 9.13. The summed E-state index contributed by atoms with van der Waals surface area (Å²) in [6.45, 7) is 1.87. The number of aromatic nitrogens is 2. The van der Waals surface area contributed by atoms with E-state index in [2.05, 4.69) is 9.97 Å². The zero-order chi connectivity index (χ0) is 8.97. The molecule has 4 nitrogen and oxygen atoms in total. The molecule has 0 aromatic carbocycles. The van der Waals surface area contributed by atoms with E-state index in [1.54, 1.807) is 0 Å². The fraction of sp³-hybridized carbons (Fsp3) is 0.429. The highest BCUT2D eigenvalue weighted by Crippen LogP contribution is 2.15. The van der Waals surface area contributed by atoms with E-state index in [1.165, 1.54) is 24.2 Å². The Morgan fingerprint density at radius 3 is 3.17 bits per heavy atom. The van der Waals surface area contributed by atoms with Crippen molar-refractivity contribution in [3.63, 3.8) is 0 Å². The normalized spacial score (nSPS) is 12.8. The zero-order valence-electron chi connectivity index (χ0n) is 6.65. The van der Waals surface area contributed by atoms with Gasteiger partial charge in [-0.25, -0.2) is 4.98 Å². The highest BCUT2D eigenvalue weighted by atomic mass is 32.2. The zero-order valence-corrected chi connectivity index (χ0v) is 7.47. The Bertz CT molecular complexity index is 299. The van der Waals surface area contributed by atoms with Gasteiger partial charge in [0.2, 0.25) is 0 Å². The van der Waals surface area contributed by atoms with Crippen molar-refractivity contribution in [1.29, 1.82) is 0 Å². The molecule has 66 valence electrons. The van der Waals surface area contributed by atoms with Crippen LogP contribution in [-0.4, -0.2) is 26.9 Å². The van der Waals surface area contributed by atoms with E-state index < -0.39 is 0 Å². The maximum atomic E-state index is 11.1. The van der Waals surface area contributed by atoms with Gasteiger partial charge in [-0.05, 0) is 0 Å². The molecule has 0 spiro atoms. The van der Waals surface area contributed by atoms with Crippen LogP contribution >= 0.6 is 11.8 Å². The third-order valence-corrected chi connectivity index (χ3v) is 2.31. The first-order valence-corrected chi connectivity index (χ1v) is 4.43. The molecular weight excluding hydrogens is 176 g/mol. The summed E-state index contributed by atoms with van der Waals surface area (Å²) in [5.74, 6) is 0.